The van der Waals surface area contributed by atoms with Crippen LogP contribution in [-0.2, 0) is 6.42 Å². The van der Waals surface area contributed by atoms with Gasteiger partial charge in [0, 0.05) is 18.3 Å². The predicted octanol–water partition coefficient (Wildman–Crippen LogP) is 1.96. The normalized spacial score (nSPS) is 20.1. The molecule has 0 saturated heterocycles. The van der Waals surface area contributed by atoms with Gasteiger partial charge in [-0.15, -0.1) is 11.3 Å². The zero-order valence-corrected chi connectivity index (χ0v) is 12.5. The summed E-state index contributed by atoms with van der Waals surface area (Å²) in [5.41, 5.74) is 2.45. The van der Waals surface area contributed by atoms with Crippen molar-refractivity contribution in [2.45, 2.75) is 25.5 Å². The second kappa shape index (κ2) is 5.83. The van der Waals surface area contributed by atoms with Gasteiger partial charge in [-0.25, -0.2) is 4.98 Å². The largest absolute Gasteiger partial charge is 0.390 e. The number of thiazole rings is 1. The lowest BCUT2D eigenvalue weighted by molar-refractivity contribution is 0.0854. The third kappa shape index (κ3) is 2.77. The van der Waals surface area contributed by atoms with Crippen molar-refractivity contribution in [2.24, 2.45) is 0 Å². The highest BCUT2D eigenvalue weighted by atomic mass is 32.1. The van der Waals surface area contributed by atoms with Gasteiger partial charge >= 0.3 is 0 Å². The quantitative estimate of drug-likeness (QED) is 0.807. The molecule has 110 valence electrons. The van der Waals surface area contributed by atoms with Gasteiger partial charge in [-0.2, -0.15) is 0 Å². The van der Waals surface area contributed by atoms with Gasteiger partial charge < -0.3 is 15.7 Å². The van der Waals surface area contributed by atoms with E-state index >= 15 is 0 Å². The van der Waals surface area contributed by atoms with Crippen LogP contribution in [0, 0.1) is 0 Å². The maximum absolute atomic E-state index is 12.3. The minimum Gasteiger partial charge on any atom is -0.390 e. The number of aliphatic hydroxyl groups is 1. The average molecular weight is 303 g/mol. The summed E-state index contributed by atoms with van der Waals surface area (Å²) in [7, 11) is 0. The highest BCUT2D eigenvalue weighted by molar-refractivity contribution is 7.13. The Balaban J connectivity index is 1.75. The smallest absolute Gasteiger partial charge is 0.271 e. The number of carbonyl (C=O) groups excluding carboxylic acids is 1. The molecule has 5 nitrogen and oxygen atoms in total. The first-order valence-electron chi connectivity index (χ1n) is 6.95. The summed E-state index contributed by atoms with van der Waals surface area (Å²) in [5.74, 6) is -0.254. The molecule has 6 heteroatoms. The molecule has 1 heterocycles. The van der Waals surface area contributed by atoms with Gasteiger partial charge in [-0.05, 0) is 18.1 Å². The summed E-state index contributed by atoms with van der Waals surface area (Å²) in [5, 5.41) is 18.6. The summed E-state index contributed by atoms with van der Waals surface area (Å²) >= 11 is 1.40. The molecule has 0 bridgehead atoms. The van der Waals surface area contributed by atoms with E-state index in [0.717, 1.165) is 22.8 Å². The average Bonchev–Trinajstić information content (AvgIpc) is 3.05. The maximum Gasteiger partial charge on any atom is 0.271 e. The Hall–Kier alpha value is -1.92. The van der Waals surface area contributed by atoms with Crippen molar-refractivity contribution in [2.75, 3.05) is 11.9 Å². The number of aliphatic hydroxyl groups excluding tert-OH is 1. The number of fused-ring (bicyclic) bond motifs is 1. The van der Waals surface area contributed by atoms with Gasteiger partial charge in [0.25, 0.3) is 5.91 Å². The number of amides is 1. The highest BCUT2D eigenvalue weighted by Crippen LogP contribution is 2.31. The first-order valence-corrected chi connectivity index (χ1v) is 7.83. The van der Waals surface area contributed by atoms with Crippen LogP contribution >= 0.6 is 11.3 Å². The number of benzene rings is 1. The fourth-order valence-corrected chi connectivity index (χ4v) is 3.34. The molecule has 0 unspecified atom stereocenters. The minimum atomic E-state index is -0.585. The third-order valence-corrected chi connectivity index (χ3v) is 4.36. The fraction of sp³-hybridized carbons (Fsp3) is 0.333. The van der Waals surface area contributed by atoms with E-state index in [0.29, 0.717) is 12.1 Å². The van der Waals surface area contributed by atoms with Crippen LogP contribution in [0.1, 0.15) is 34.6 Å². The van der Waals surface area contributed by atoms with Crippen LogP contribution in [0.25, 0.3) is 0 Å². The van der Waals surface area contributed by atoms with Gasteiger partial charge in [0.05, 0.1) is 12.1 Å². The van der Waals surface area contributed by atoms with E-state index in [-0.39, 0.29) is 11.9 Å². The van der Waals surface area contributed by atoms with E-state index in [1.165, 1.54) is 11.3 Å². The Morgan fingerprint density at radius 2 is 2.29 bits per heavy atom. The Kier molecular flexibility index (Phi) is 3.90. The molecule has 0 aliphatic heterocycles. The molecule has 0 spiro atoms. The van der Waals surface area contributed by atoms with Crippen molar-refractivity contribution in [3.63, 3.8) is 0 Å². The molecular formula is C15H17N3O2S. The van der Waals surface area contributed by atoms with E-state index in [4.69, 9.17) is 0 Å². The lowest BCUT2D eigenvalue weighted by atomic mass is 10.1. The second-order valence-electron chi connectivity index (χ2n) is 4.99. The number of hydrogen-bond acceptors (Lipinski definition) is 5. The molecule has 0 radical (unpaired) electrons. The molecule has 2 atom stereocenters. The number of aromatic nitrogens is 1. The van der Waals surface area contributed by atoms with Crippen LogP contribution in [0.5, 0.6) is 0 Å². The summed E-state index contributed by atoms with van der Waals surface area (Å²) < 4.78 is 0. The molecular weight excluding hydrogens is 286 g/mol. The van der Waals surface area contributed by atoms with Crippen molar-refractivity contribution in [3.05, 3.63) is 46.5 Å². The third-order valence-electron chi connectivity index (χ3n) is 3.56. The SMILES string of the molecule is CCNc1nc(C(=O)N[C@H]2c3ccccc3C[C@H]2O)cs1. The van der Waals surface area contributed by atoms with E-state index in [9.17, 15) is 9.90 Å². The minimum absolute atomic E-state index is 0.254. The van der Waals surface area contributed by atoms with E-state index in [1.54, 1.807) is 5.38 Å². The molecule has 1 aromatic heterocycles. The number of rotatable bonds is 4. The van der Waals surface area contributed by atoms with Crippen molar-refractivity contribution >= 4 is 22.4 Å². The van der Waals surface area contributed by atoms with Gasteiger partial charge in [0.15, 0.2) is 5.13 Å². The number of anilines is 1. The second-order valence-corrected chi connectivity index (χ2v) is 5.85. The maximum atomic E-state index is 12.3. The van der Waals surface area contributed by atoms with Crippen LogP contribution in [0.3, 0.4) is 0 Å². The number of hydrogen-bond donors (Lipinski definition) is 3. The molecule has 1 aliphatic carbocycles. The fourth-order valence-electron chi connectivity index (χ4n) is 2.57. The van der Waals surface area contributed by atoms with Crippen LogP contribution in [0.15, 0.2) is 29.6 Å². The van der Waals surface area contributed by atoms with Crippen LogP contribution in [0.2, 0.25) is 0 Å². The Morgan fingerprint density at radius 3 is 3.10 bits per heavy atom. The standard InChI is InChI=1S/C15H17N3O2S/c1-2-16-15-17-11(8-21-15)14(20)18-13-10-6-4-3-5-9(10)7-12(13)19/h3-6,8,12-13,19H,2,7H2,1H3,(H,16,17)(H,18,20)/t12-,13+/m1/s1. The van der Waals surface area contributed by atoms with Crippen LogP contribution < -0.4 is 10.6 Å². The number of carbonyl (C=O) groups is 1. The van der Waals surface area contributed by atoms with Crippen molar-refractivity contribution in [3.8, 4) is 0 Å². The van der Waals surface area contributed by atoms with Crippen molar-refractivity contribution in [1.82, 2.24) is 10.3 Å². The Morgan fingerprint density at radius 1 is 1.48 bits per heavy atom. The van der Waals surface area contributed by atoms with E-state index in [2.05, 4.69) is 15.6 Å². The zero-order chi connectivity index (χ0) is 14.8. The summed E-state index contributed by atoms with van der Waals surface area (Å²) in [6.07, 6.45) is -0.0147. The Bertz CT molecular complexity index is 656. The number of nitrogens with one attached hydrogen (secondary N) is 2. The Labute approximate surface area is 127 Å². The molecule has 1 aromatic carbocycles. The topological polar surface area (TPSA) is 74.2 Å². The lowest BCUT2D eigenvalue weighted by Crippen LogP contribution is -2.34. The van der Waals surface area contributed by atoms with Gasteiger partial charge in [0.2, 0.25) is 0 Å². The van der Waals surface area contributed by atoms with Gasteiger partial charge in [0.1, 0.15) is 5.69 Å². The van der Waals surface area contributed by atoms with E-state index < -0.39 is 6.10 Å². The summed E-state index contributed by atoms with van der Waals surface area (Å²) in [4.78, 5) is 16.5. The van der Waals surface area contributed by atoms with Gasteiger partial charge in [-0.3, -0.25) is 4.79 Å². The molecule has 0 saturated carbocycles. The van der Waals surface area contributed by atoms with Crippen LogP contribution in [0.4, 0.5) is 5.13 Å². The van der Waals surface area contributed by atoms with Crippen LogP contribution in [-0.4, -0.2) is 28.6 Å². The molecule has 1 amide bonds. The highest BCUT2D eigenvalue weighted by Gasteiger charge is 2.32. The molecule has 21 heavy (non-hydrogen) atoms. The molecule has 3 rings (SSSR count). The van der Waals surface area contributed by atoms with Crippen molar-refractivity contribution < 1.29 is 9.90 Å². The van der Waals surface area contributed by atoms with Crippen molar-refractivity contribution in [1.29, 1.82) is 0 Å². The summed E-state index contributed by atoms with van der Waals surface area (Å²) in [6, 6.07) is 7.43. The number of nitrogens with zero attached hydrogens (tertiary/aromatic N) is 1. The van der Waals surface area contributed by atoms with Gasteiger partial charge in [-0.1, -0.05) is 24.3 Å². The molecule has 2 aromatic rings. The lowest BCUT2D eigenvalue weighted by Gasteiger charge is -2.17. The first kappa shape index (κ1) is 14.0. The molecule has 3 N–H and O–H groups in total. The molecule has 0 fully saturated rings. The summed E-state index contributed by atoms with van der Waals surface area (Å²) in [6.45, 7) is 2.75. The van der Waals surface area contributed by atoms with E-state index in [1.807, 2.05) is 31.2 Å². The zero-order valence-electron chi connectivity index (χ0n) is 11.7. The molecule has 1 aliphatic rings. The first-order chi connectivity index (χ1) is 10.2. The monoisotopic (exact) mass is 303 g/mol. The predicted molar refractivity (Wildman–Crippen MR) is 82.6 cm³/mol.